The van der Waals surface area contributed by atoms with Crippen molar-refractivity contribution < 1.29 is 14.6 Å². The molecule has 1 aliphatic carbocycles. The van der Waals surface area contributed by atoms with Crippen molar-refractivity contribution in [2.45, 2.75) is 57.3 Å². The third kappa shape index (κ3) is 3.93. The molecule has 3 rings (SSSR count). The van der Waals surface area contributed by atoms with E-state index in [1.54, 1.807) is 0 Å². The maximum atomic E-state index is 13.0. The Morgan fingerprint density at radius 3 is 2.61 bits per heavy atom. The lowest BCUT2D eigenvalue weighted by Crippen LogP contribution is -2.47. The Morgan fingerprint density at radius 2 is 2.00 bits per heavy atom. The highest BCUT2D eigenvalue weighted by molar-refractivity contribution is 5.79. The van der Waals surface area contributed by atoms with E-state index < -0.39 is 5.60 Å². The van der Waals surface area contributed by atoms with Crippen molar-refractivity contribution in [3.8, 4) is 0 Å². The summed E-state index contributed by atoms with van der Waals surface area (Å²) in [7, 11) is 0. The van der Waals surface area contributed by atoms with Crippen molar-refractivity contribution in [1.29, 1.82) is 0 Å². The Kier molecular flexibility index (Phi) is 5.02. The summed E-state index contributed by atoms with van der Waals surface area (Å²) in [5, 5.41) is 10.8. The molecular weight excluding hydrogens is 290 g/mol. The Bertz CT molecular complexity index is 525. The van der Waals surface area contributed by atoms with Crippen LogP contribution in [0, 0.1) is 5.92 Å². The molecule has 0 spiro atoms. The van der Waals surface area contributed by atoms with Crippen molar-refractivity contribution in [2.24, 2.45) is 5.92 Å². The minimum atomic E-state index is -0.715. The lowest BCUT2D eigenvalue weighted by atomic mass is 9.97. The first-order valence-corrected chi connectivity index (χ1v) is 8.74. The highest BCUT2D eigenvalue weighted by Gasteiger charge is 2.39. The van der Waals surface area contributed by atoms with E-state index in [1.165, 1.54) is 0 Å². The third-order valence-electron chi connectivity index (χ3n) is 5.24. The molecule has 2 atom stereocenters. The Balaban J connectivity index is 1.76. The smallest absolute Gasteiger partial charge is 0.228 e. The van der Waals surface area contributed by atoms with E-state index in [9.17, 15) is 9.90 Å². The third-order valence-corrected chi connectivity index (χ3v) is 5.24. The second-order valence-corrected chi connectivity index (χ2v) is 7.08. The van der Waals surface area contributed by atoms with Crippen molar-refractivity contribution in [3.63, 3.8) is 0 Å². The molecule has 2 aliphatic rings. The van der Waals surface area contributed by atoms with Gasteiger partial charge in [0.1, 0.15) is 0 Å². The van der Waals surface area contributed by atoms with Crippen molar-refractivity contribution in [2.75, 3.05) is 13.2 Å². The van der Waals surface area contributed by atoms with Crippen molar-refractivity contribution in [3.05, 3.63) is 35.9 Å². The van der Waals surface area contributed by atoms with Gasteiger partial charge < -0.3 is 14.7 Å². The second kappa shape index (κ2) is 7.02. The van der Waals surface area contributed by atoms with Crippen molar-refractivity contribution >= 4 is 5.91 Å². The van der Waals surface area contributed by atoms with Gasteiger partial charge in [-0.15, -0.1) is 0 Å². The van der Waals surface area contributed by atoms with E-state index in [2.05, 4.69) is 0 Å². The summed E-state index contributed by atoms with van der Waals surface area (Å²) in [4.78, 5) is 14.9. The van der Waals surface area contributed by atoms with Gasteiger partial charge in [-0.25, -0.2) is 0 Å². The number of amides is 1. The molecule has 2 unspecified atom stereocenters. The summed E-state index contributed by atoms with van der Waals surface area (Å²) >= 11 is 0. The molecule has 4 nitrogen and oxygen atoms in total. The fraction of sp³-hybridized carbons (Fsp3) is 0.632. The van der Waals surface area contributed by atoms with Crippen LogP contribution in [-0.2, 0) is 16.1 Å². The van der Waals surface area contributed by atoms with Crippen LogP contribution >= 0.6 is 0 Å². The maximum absolute atomic E-state index is 13.0. The molecule has 2 fully saturated rings. The highest BCUT2D eigenvalue weighted by Crippen LogP contribution is 2.32. The lowest BCUT2D eigenvalue weighted by molar-refractivity contribution is -0.141. The first kappa shape index (κ1) is 16.5. The number of hydrogen-bond donors (Lipinski definition) is 1. The highest BCUT2D eigenvalue weighted by atomic mass is 16.5. The first-order valence-electron chi connectivity index (χ1n) is 8.74. The molecule has 23 heavy (non-hydrogen) atoms. The van der Waals surface area contributed by atoms with E-state index in [0.29, 0.717) is 19.7 Å². The minimum absolute atomic E-state index is 0.0287. The summed E-state index contributed by atoms with van der Waals surface area (Å²) in [6.45, 7) is 3.62. The average molecular weight is 317 g/mol. The van der Waals surface area contributed by atoms with E-state index in [0.717, 1.165) is 37.7 Å². The quantitative estimate of drug-likeness (QED) is 0.908. The molecule has 1 saturated heterocycles. The van der Waals surface area contributed by atoms with Gasteiger partial charge in [-0.1, -0.05) is 43.2 Å². The topological polar surface area (TPSA) is 49.8 Å². The summed E-state index contributed by atoms with van der Waals surface area (Å²) < 4.78 is 5.57. The largest absolute Gasteiger partial charge is 0.388 e. The van der Waals surface area contributed by atoms with Crippen LogP contribution in [0.4, 0.5) is 0 Å². The zero-order valence-electron chi connectivity index (χ0n) is 13.9. The van der Waals surface area contributed by atoms with Gasteiger partial charge in [0.2, 0.25) is 5.91 Å². The molecule has 1 aliphatic heterocycles. The van der Waals surface area contributed by atoms with Gasteiger partial charge in [-0.05, 0) is 31.7 Å². The number of nitrogens with zero attached hydrogens (tertiary/aromatic N) is 1. The van der Waals surface area contributed by atoms with Crippen LogP contribution in [0.25, 0.3) is 0 Å². The molecule has 1 saturated carbocycles. The number of ether oxygens (including phenoxy) is 1. The van der Waals surface area contributed by atoms with Gasteiger partial charge in [0, 0.05) is 19.7 Å². The van der Waals surface area contributed by atoms with Crippen LogP contribution in [0.2, 0.25) is 0 Å². The number of hydrogen-bond acceptors (Lipinski definition) is 3. The molecular formula is C19H27NO3. The number of benzene rings is 1. The van der Waals surface area contributed by atoms with Gasteiger partial charge in [0.05, 0.1) is 17.6 Å². The fourth-order valence-electron chi connectivity index (χ4n) is 3.85. The van der Waals surface area contributed by atoms with Crippen LogP contribution in [0.3, 0.4) is 0 Å². The molecule has 1 N–H and O–H groups in total. The molecule has 0 bridgehead atoms. The van der Waals surface area contributed by atoms with E-state index in [1.807, 2.05) is 42.2 Å². The molecule has 4 heteroatoms. The summed E-state index contributed by atoms with van der Waals surface area (Å²) in [5.41, 5.74) is 0.390. The summed E-state index contributed by atoms with van der Waals surface area (Å²) in [6, 6.07) is 10.0. The number of rotatable bonds is 5. The van der Waals surface area contributed by atoms with E-state index >= 15 is 0 Å². The number of carbonyl (C=O) groups excluding carboxylic acids is 1. The van der Waals surface area contributed by atoms with Crippen LogP contribution < -0.4 is 0 Å². The van der Waals surface area contributed by atoms with E-state index in [4.69, 9.17) is 4.74 Å². The van der Waals surface area contributed by atoms with Crippen molar-refractivity contribution in [1.82, 2.24) is 4.90 Å². The Morgan fingerprint density at radius 1 is 1.30 bits per heavy atom. The zero-order chi connectivity index (χ0) is 16.3. The Hall–Kier alpha value is -1.39. The second-order valence-electron chi connectivity index (χ2n) is 7.08. The molecule has 1 heterocycles. The molecule has 0 aromatic heterocycles. The van der Waals surface area contributed by atoms with Gasteiger partial charge >= 0.3 is 0 Å². The molecule has 1 aromatic rings. The van der Waals surface area contributed by atoms with Crippen LogP contribution in [0.5, 0.6) is 0 Å². The standard InChI is InChI=1S/C19H27NO3/c1-15-17(9-12-23-15)18(21)20(13-16-7-3-2-4-8-16)14-19(22)10-5-6-11-19/h2-4,7-8,15,17,22H,5-6,9-14H2,1H3. The predicted molar refractivity (Wildman–Crippen MR) is 88.8 cm³/mol. The predicted octanol–water partition coefficient (Wildman–Crippen LogP) is 2.75. The first-order chi connectivity index (χ1) is 11.1. The van der Waals surface area contributed by atoms with E-state index in [-0.39, 0.29) is 17.9 Å². The maximum Gasteiger partial charge on any atom is 0.228 e. The monoisotopic (exact) mass is 317 g/mol. The van der Waals surface area contributed by atoms with Crippen LogP contribution in [-0.4, -0.2) is 40.8 Å². The molecule has 0 radical (unpaired) electrons. The summed E-state index contributed by atoms with van der Waals surface area (Å²) in [6.07, 6.45) is 4.44. The number of carbonyl (C=O) groups is 1. The Labute approximate surface area is 138 Å². The van der Waals surface area contributed by atoms with Gasteiger partial charge in [0.15, 0.2) is 0 Å². The number of aliphatic hydroxyl groups is 1. The average Bonchev–Trinajstić information content (AvgIpc) is 3.16. The lowest BCUT2D eigenvalue weighted by Gasteiger charge is -2.33. The summed E-state index contributed by atoms with van der Waals surface area (Å²) in [5.74, 6) is 0.0443. The zero-order valence-corrected chi connectivity index (χ0v) is 13.9. The van der Waals surface area contributed by atoms with Gasteiger partial charge in [-0.3, -0.25) is 4.79 Å². The fourth-order valence-corrected chi connectivity index (χ4v) is 3.85. The van der Waals surface area contributed by atoms with Crippen LogP contribution in [0.1, 0.15) is 44.6 Å². The minimum Gasteiger partial charge on any atom is -0.388 e. The normalized spacial score (nSPS) is 26.3. The molecule has 1 aromatic carbocycles. The molecule has 1 amide bonds. The molecule has 126 valence electrons. The van der Waals surface area contributed by atoms with Crippen LogP contribution in [0.15, 0.2) is 30.3 Å². The van der Waals surface area contributed by atoms with Gasteiger partial charge in [0.25, 0.3) is 0 Å². The van der Waals surface area contributed by atoms with Gasteiger partial charge in [-0.2, -0.15) is 0 Å². The SMILES string of the molecule is CC1OCCC1C(=O)N(Cc1ccccc1)CC1(O)CCCC1.